The number of aromatic nitrogens is 4. The number of hydrogen-bond acceptors (Lipinski definition) is 4. The van der Waals surface area contributed by atoms with Gasteiger partial charge in [0.2, 0.25) is 4.96 Å². The highest BCUT2D eigenvalue weighted by Gasteiger charge is 2.12. The second-order valence-electron chi connectivity index (χ2n) is 5.05. The van der Waals surface area contributed by atoms with Gasteiger partial charge in [-0.2, -0.15) is 9.61 Å². The lowest BCUT2D eigenvalue weighted by Crippen LogP contribution is -1.91. The number of hydrogen-bond donors (Lipinski definition) is 0. The number of nitrogens with zero attached hydrogens (tertiary/aromatic N) is 4. The summed E-state index contributed by atoms with van der Waals surface area (Å²) < 4.78 is 15.0. The Morgan fingerprint density at radius 1 is 1.04 bits per heavy atom. The molecule has 0 aliphatic heterocycles. The number of fused-ring (bicyclic) bond motifs is 1. The SMILES string of the molecule is Fc1cccc(-c2nnc3sc(/C=C/c4ccc(Cl)cc4)nn23)c1. The Labute approximate surface area is 145 Å². The third-order valence-electron chi connectivity index (χ3n) is 3.38. The lowest BCUT2D eigenvalue weighted by atomic mass is 10.2. The standard InChI is InChI=1S/C17H10ClFN4S/c18-13-7-4-11(5-8-13)6-9-15-22-23-16(20-21-17(23)24-15)12-2-1-3-14(19)10-12/h1-10H/b9-6+. The van der Waals surface area contributed by atoms with E-state index in [0.717, 1.165) is 10.6 Å². The smallest absolute Gasteiger partial charge is 0.207 e. The Bertz CT molecular complexity index is 1040. The zero-order valence-corrected chi connectivity index (χ0v) is 13.8. The van der Waals surface area contributed by atoms with Crippen LogP contribution < -0.4 is 0 Å². The molecule has 0 saturated heterocycles. The van der Waals surface area contributed by atoms with Crippen LogP contribution in [0.2, 0.25) is 5.02 Å². The second kappa shape index (κ2) is 6.14. The predicted molar refractivity (Wildman–Crippen MR) is 94.4 cm³/mol. The van der Waals surface area contributed by atoms with E-state index in [1.165, 1.54) is 23.5 Å². The van der Waals surface area contributed by atoms with Crippen molar-refractivity contribution in [3.8, 4) is 11.4 Å². The molecule has 2 aromatic carbocycles. The van der Waals surface area contributed by atoms with E-state index in [-0.39, 0.29) is 5.82 Å². The molecule has 0 fully saturated rings. The van der Waals surface area contributed by atoms with E-state index < -0.39 is 0 Å². The summed E-state index contributed by atoms with van der Waals surface area (Å²) in [6.07, 6.45) is 3.85. The van der Waals surface area contributed by atoms with Crippen LogP contribution >= 0.6 is 22.9 Å². The molecule has 4 nitrogen and oxygen atoms in total. The summed E-state index contributed by atoms with van der Waals surface area (Å²) in [5, 5.41) is 14.2. The molecular weight excluding hydrogens is 347 g/mol. The predicted octanol–water partition coefficient (Wildman–Crippen LogP) is 4.82. The molecule has 0 radical (unpaired) electrons. The lowest BCUT2D eigenvalue weighted by Gasteiger charge is -1.96. The first-order valence-electron chi connectivity index (χ1n) is 7.11. The molecule has 0 spiro atoms. The summed E-state index contributed by atoms with van der Waals surface area (Å²) in [6.45, 7) is 0. The maximum atomic E-state index is 13.4. The molecule has 2 heterocycles. The minimum Gasteiger partial charge on any atom is -0.207 e. The Morgan fingerprint density at radius 2 is 1.88 bits per heavy atom. The monoisotopic (exact) mass is 356 g/mol. The fraction of sp³-hybridized carbons (Fsp3) is 0. The Hall–Kier alpha value is -2.57. The van der Waals surface area contributed by atoms with E-state index in [0.29, 0.717) is 21.4 Å². The molecule has 0 aliphatic rings. The van der Waals surface area contributed by atoms with Gasteiger partial charge in [0.05, 0.1) is 0 Å². The molecule has 0 bridgehead atoms. The van der Waals surface area contributed by atoms with Crippen molar-refractivity contribution in [2.24, 2.45) is 0 Å². The first-order chi connectivity index (χ1) is 11.7. The summed E-state index contributed by atoms with van der Waals surface area (Å²) in [6, 6.07) is 13.8. The van der Waals surface area contributed by atoms with Crippen molar-refractivity contribution in [1.82, 2.24) is 19.8 Å². The van der Waals surface area contributed by atoms with Crippen LogP contribution in [0.5, 0.6) is 0 Å². The Balaban J connectivity index is 1.68. The Kier molecular flexibility index (Phi) is 3.84. The third kappa shape index (κ3) is 2.93. The maximum absolute atomic E-state index is 13.4. The van der Waals surface area contributed by atoms with Gasteiger partial charge in [0.25, 0.3) is 0 Å². The summed E-state index contributed by atoms with van der Waals surface area (Å²) in [7, 11) is 0. The van der Waals surface area contributed by atoms with Crippen molar-refractivity contribution in [1.29, 1.82) is 0 Å². The fourth-order valence-electron chi connectivity index (χ4n) is 2.25. The van der Waals surface area contributed by atoms with Crippen LogP contribution in [0.15, 0.2) is 48.5 Å². The molecular formula is C17H10ClFN4S. The molecule has 0 N–H and O–H groups in total. The van der Waals surface area contributed by atoms with Crippen LogP contribution in [0.3, 0.4) is 0 Å². The molecule has 0 saturated carbocycles. The number of halogens is 2. The van der Waals surface area contributed by atoms with Gasteiger partial charge in [0, 0.05) is 10.6 Å². The third-order valence-corrected chi connectivity index (χ3v) is 4.49. The van der Waals surface area contributed by atoms with Crippen LogP contribution in [-0.4, -0.2) is 19.8 Å². The van der Waals surface area contributed by atoms with Gasteiger partial charge in [0.1, 0.15) is 10.8 Å². The Morgan fingerprint density at radius 3 is 2.67 bits per heavy atom. The molecule has 0 unspecified atom stereocenters. The quantitative estimate of drug-likeness (QED) is 0.528. The van der Waals surface area contributed by atoms with E-state index in [9.17, 15) is 4.39 Å². The van der Waals surface area contributed by atoms with E-state index in [1.807, 2.05) is 36.4 Å². The summed E-state index contributed by atoms with van der Waals surface area (Å²) in [4.78, 5) is 0.657. The van der Waals surface area contributed by atoms with E-state index in [1.54, 1.807) is 16.6 Å². The van der Waals surface area contributed by atoms with Crippen molar-refractivity contribution in [3.63, 3.8) is 0 Å². The van der Waals surface area contributed by atoms with Gasteiger partial charge in [-0.05, 0) is 35.9 Å². The van der Waals surface area contributed by atoms with Crippen LogP contribution in [0.25, 0.3) is 28.5 Å². The molecule has 118 valence electrons. The van der Waals surface area contributed by atoms with Gasteiger partial charge in [-0.15, -0.1) is 10.2 Å². The molecule has 24 heavy (non-hydrogen) atoms. The highest BCUT2D eigenvalue weighted by molar-refractivity contribution is 7.17. The van der Waals surface area contributed by atoms with Crippen LogP contribution in [0.4, 0.5) is 4.39 Å². The minimum absolute atomic E-state index is 0.317. The molecule has 4 rings (SSSR count). The van der Waals surface area contributed by atoms with Gasteiger partial charge in [-0.3, -0.25) is 0 Å². The number of rotatable bonds is 3. The molecule has 0 aliphatic carbocycles. The molecule has 0 amide bonds. The van der Waals surface area contributed by atoms with Crippen molar-refractivity contribution >= 4 is 40.1 Å². The summed E-state index contributed by atoms with van der Waals surface area (Å²) in [5.74, 6) is 0.203. The van der Waals surface area contributed by atoms with Crippen molar-refractivity contribution in [3.05, 3.63) is 69.9 Å². The van der Waals surface area contributed by atoms with Gasteiger partial charge >= 0.3 is 0 Å². The average molecular weight is 357 g/mol. The second-order valence-corrected chi connectivity index (χ2v) is 6.48. The highest BCUT2D eigenvalue weighted by atomic mass is 35.5. The van der Waals surface area contributed by atoms with Gasteiger partial charge in [-0.1, -0.05) is 53.3 Å². The lowest BCUT2D eigenvalue weighted by molar-refractivity contribution is 0.628. The molecule has 2 aromatic heterocycles. The van der Waals surface area contributed by atoms with E-state index in [2.05, 4.69) is 15.3 Å². The number of benzene rings is 2. The zero-order valence-electron chi connectivity index (χ0n) is 12.2. The van der Waals surface area contributed by atoms with Crippen molar-refractivity contribution in [2.75, 3.05) is 0 Å². The topological polar surface area (TPSA) is 43.1 Å². The molecule has 0 atom stereocenters. The van der Waals surface area contributed by atoms with Crippen molar-refractivity contribution < 1.29 is 4.39 Å². The fourth-order valence-corrected chi connectivity index (χ4v) is 3.12. The normalized spacial score (nSPS) is 11.6. The summed E-state index contributed by atoms with van der Waals surface area (Å²) in [5.41, 5.74) is 1.66. The van der Waals surface area contributed by atoms with Gasteiger partial charge in [-0.25, -0.2) is 4.39 Å². The first kappa shape index (κ1) is 15.0. The molecule has 4 aromatic rings. The van der Waals surface area contributed by atoms with Crippen LogP contribution in [0, 0.1) is 5.82 Å². The summed E-state index contributed by atoms with van der Waals surface area (Å²) >= 11 is 7.29. The van der Waals surface area contributed by atoms with Gasteiger partial charge < -0.3 is 0 Å². The largest absolute Gasteiger partial charge is 0.235 e. The van der Waals surface area contributed by atoms with Crippen LogP contribution in [-0.2, 0) is 0 Å². The minimum atomic E-state index is -0.317. The maximum Gasteiger partial charge on any atom is 0.235 e. The highest BCUT2D eigenvalue weighted by Crippen LogP contribution is 2.23. The first-order valence-corrected chi connectivity index (χ1v) is 8.30. The zero-order chi connectivity index (χ0) is 16.5. The van der Waals surface area contributed by atoms with E-state index in [4.69, 9.17) is 11.6 Å². The average Bonchev–Trinajstić information content (AvgIpc) is 3.14. The van der Waals surface area contributed by atoms with Gasteiger partial charge in [0.15, 0.2) is 5.82 Å². The van der Waals surface area contributed by atoms with Crippen LogP contribution in [0.1, 0.15) is 10.6 Å². The van der Waals surface area contributed by atoms with Crippen molar-refractivity contribution in [2.45, 2.75) is 0 Å². The molecule has 7 heteroatoms. The van der Waals surface area contributed by atoms with E-state index >= 15 is 0 Å².